The highest BCUT2D eigenvalue weighted by Crippen LogP contribution is 2.04. The van der Waals surface area contributed by atoms with E-state index < -0.39 is 11.2 Å². The van der Waals surface area contributed by atoms with Gasteiger partial charge >= 0.3 is 5.69 Å². The summed E-state index contributed by atoms with van der Waals surface area (Å²) in [6, 6.07) is 10.8. The molecule has 0 aliphatic carbocycles. The Kier molecular flexibility index (Phi) is 2.59. The van der Waals surface area contributed by atoms with Gasteiger partial charge in [0.2, 0.25) is 0 Å². The maximum atomic E-state index is 11.2. The number of nitrogens with zero attached hydrogens (tertiary/aromatic N) is 1. The summed E-state index contributed by atoms with van der Waals surface area (Å²) >= 11 is 0. The van der Waals surface area contributed by atoms with Crippen molar-refractivity contribution in [1.82, 2.24) is 9.66 Å². The van der Waals surface area contributed by atoms with Crippen molar-refractivity contribution in [3.8, 4) is 0 Å². The first-order valence-electron chi connectivity index (χ1n) is 4.81. The fraction of sp³-hybridized carbons (Fsp3) is 0.0909. The van der Waals surface area contributed by atoms with Crippen LogP contribution in [0.3, 0.4) is 0 Å². The summed E-state index contributed by atoms with van der Waals surface area (Å²) in [5.41, 5.74) is 0.447. The molecule has 2 aromatic rings. The lowest BCUT2D eigenvalue weighted by molar-refractivity contribution is 0.794. The van der Waals surface area contributed by atoms with Crippen LogP contribution < -0.4 is 17.1 Å². The normalized spacial score (nSPS) is 10.2. The molecule has 0 aliphatic heterocycles. The Morgan fingerprint density at radius 1 is 1.19 bits per heavy atom. The number of aromatic amines is 1. The first-order chi connectivity index (χ1) is 7.66. The minimum atomic E-state index is -0.599. The van der Waals surface area contributed by atoms with Crippen LogP contribution in [-0.2, 0) is 6.42 Å². The molecule has 0 aliphatic rings. The standard InChI is InChI=1S/C11H11N3O2/c12-14-9(7-10(15)13-11(14)16)6-8-4-2-1-3-5-8/h1-5,7H,6,12H2,(H,13,15,16). The number of nitrogens with one attached hydrogen (secondary N) is 1. The van der Waals surface area contributed by atoms with Gasteiger partial charge in [-0.25, -0.2) is 9.47 Å². The van der Waals surface area contributed by atoms with Crippen LogP contribution >= 0.6 is 0 Å². The number of nitrogens with two attached hydrogens (primary N) is 1. The van der Waals surface area contributed by atoms with Gasteiger partial charge in [-0.3, -0.25) is 9.78 Å². The van der Waals surface area contributed by atoms with Crippen LogP contribution in [0.1, 0.15) is 11.3 Å². The third kappa shape index (κ3) is 2.03. The molecule has 0 amide bonds. The first-order valence-corrected chi connectivity index (χ1v) is 4.81. The van der Waals surface area contributed by atoms with E-state index in [1.54, 1.807) is 0 Å². The molecule has 0 unspecified atom stereocenters. The Labute approximate surface area is 91.1 Å². The predicted octanol–water partition coefficient (Wildman–Crippen LogP) is -0.159. The summed E-state index contributed by atoms with van der Waals surface area (Å²) in [6.45, 7) is 0. The summed E-state index contributed by atoms with van der Waals surface area (Å²) < 4.78 is 0.953. The van der Waals surface area contributed by atoms with Crippen molar-refractivity contribution in [2.75, 3.05) is 5.84 Å². The van der Waals surface area contributed by atoms with Gasteiger partial charge < -0.3 is 5.84 Å². The first kappa shape index (κ1) is 10.2. The molecular formula is C11H11N3O2. The van der Waals surface area contributed by atoms with Crippen LogP contribution in [-0.4, -0.2) is 9.66 Å². The summed E-state index contributed by atoms with van der Waals surface area (Å²) in [5.74, 6) is 5.53. The number of H-pyrrole nitrogens is 1. The molecule has 1 aromatic carbocycles. The van der Waals surface area contributed by atoms with E-state index in [-0.39, 0.29) is 0 Å². The maximum Gasteiger partial charge on any atom is 0.346 e. The number of benzene rings is 1. The maximum absolute atomic E-state index is 11.2. The minimum absolute atomic E-state index is 0.433. The van der Waals surface area contributed by atoms with Gasteiger partial charge in [0.05, 0.1) is 5.69 Å². The second-order valence-electron chi connectivity index (χ2n) is 3.46. The summed E-state index contributed by atoms with van der Waals surface area (Å²) in [7, 11) is 0. The Morgan fingerprint density at radius 3 is 2.56 bits per heavy atom. The molecule has 0 atom stereocenters. The molecule has 0 saturated carbocycles. The van der Waals surface area contributed by atoms with Crippen LogP contribution in [0.4, 0.5) is 0 Å². The molecule has 5 nitrogen and oxygen atoms in total. The van der Waals surface area contributed by atoms with Gasteiger partial charge in [0, 0.05) is 12.5 Å². The van der Waals surface area contributed by atoms with Gasteiger partial charge in [-0.15, -0.1) is 0 Å². The fourth-order valence-electron chi connectivity index (χ4n) is 1.49. The molecule has 1 aromatic heterocycles. The number of rotatable bonds is 2. The zero-order valence-electron chi connectivity index (χ0n) is 8.51. The summed E-state index contributed by atoms with van der Waals surface area (Å²) in [5, 5.41) is 0. The highest BCUT2D eigenvalue weighted by atomic mass is 16.2. The van der Waals surface area contributed by atoms with E-state index in [1.165, 1.54) is 6.07 Å². The second kappa shape index (κ2) is 4.06. The number of nitrogen functional groups attached to an aromatic ring is 1. The van der Waals surface area contributed by atoms with Crippen molar-refractivity contribution in [3.05, 3.63) is 68.5 Å². The number of hydrogen-bond acceptors (Lipinski definition) is 3. The average molecular weight is 217 g/mol. The van der Waals surface area contributed by atoms with Crippen LogP contribution in [0.5, 0.6) is 0 Å². The Morgan fingerprint density at radius 2 is 1.88 bits per heavy atom. The lowest BCUT2D eigenvalue weighted by Crippen LogP contribution is -2.36. The van der Waals surface area contributed by atoms with E-state index in [0.717, 1.165) is 10.2 Å². The summed E-state index contributed by atoms with van der Waals surface area (Å²) in [6.07, 6.45) is 0.455. The molecule has 5 heteroatoms. The highest BCUT2D eigenvalue weighted by Gasteiger charge is 2.03. The quantitative estimate of drug-likeness (QED) is 0.686. The Bertz CT molecular complexity index is 599. The highest BCUT2D eigenvalue weighted by molar-refractivity contribution is 5.21. The zero-order valence-corrected chi connectivity index (χ0v) is 8.51. The van der Waals surface area contributed by atoms with E-state index in [4.69, 9.17) is 5.84 Å². The molecular weight excluding hydrogens is 206 g/mol. The van der Waals surface area contributed by atoms with Crippen molar-refractivity contribution in [2.24, 2.45) is 0 Å². The average Bonchev–Trinajstić information content (AvgIpc) is 2.27. The molecule has 1 heterocycles. The third-order valence-corrected chi connectivity index (χ3v) is 2.28. The molecule has 0 radical (unpaired) electrons. The molecule has 0 spiro atoms. The van der Waals surface area contributed by atoms with Crippen LogP contribution in [0.15, 0.2) is 46.0 Å². The molecule has 0 bridgehead atoms. The van der Waals surface area contributed by atoms with Crippen LogP contribution in [0.2, 0.25) is 0 Å². The molecule has 0 fully saturated rings. The number of hydrogen-bond donors (Lipinski definition) is 2. The fourth-order valence-corrected chi connectivity index (χ4v) is 1.49. The van der Waals surface area contributed by atoms with Crippen LogP contribution in [0.25, 0.3) is 0 Å². The third-order valence-electron chi connectivity index (χ3n) is 2.28. The van der Waals surface area contributed by atoms with E-state index in [0.29, 0.717) is 12.1 Å². The monoisotopic (exact) mass is 217 g/mol. The van der Waals surface area contributed by atoms with Crippen molar-refractivity contribution in [3.63, 3.8) is 0 Å². The van der Waals surface area contributed by atoms with Gasteiger partial charge in [-0.2, -0.15) is 0 Å². The van der Waals surface area contributed by atoms with E-state index in [2.05, 4.69) is 4.98 Å². The largest absolute Gasteiger partial charge is 0.346 e. The zero-order chi connectivity index (χ0) is 11.5. The molecule has 82 valence electrons. The van der Waals surface area contributed by atoms with Crippen molar-refractivity contribution in [2.45, 2.75) is 6.42 Å². The van der Waals surface area contributed by atoms with Gasteiger partial charge in [0.15, 0.2) is 0 Å². The lowest BCUT2D eigenvalue weighted by Gasteiger charge is -2.06. The SMILES string of the molecule is Nn1c(Cc2ccccc2)cc(=O)[nH]c1=O. The molecule has 3 N–H and O–H groups in total. The Hall–Kier alpha value is -2.30. The molecule has 2 rings (SSSR count). The Balaban J connectivity index is 2.43. The smallest absolute Gasteiger partial charge is 0.335 e. The van der Waals surface area contributed by atoms with Crippen molar-refractivity contribution in [1.29, 1.82) is 0 Å². The van der Waals surface area contributed by atoms with Gasteiger partial charge in [0.25, 0.3) is 5.56 Å². The number of aromatic nitrogens is 2. The summed E-state index contributed by atoms with van der Waals surface area (Å²) in [4.78, 5) is 24.5. The second-order valence-corrected chi connectivity index (χ2v) is 3.46. The van der Waals surface area contributed by atoms with Gasteiger partial charge in [-0.05, 0) is 5.56 Å². The molecule has 16 heavy (non-hydrogen) atoms. The van der Waals surface area contributed by atoms with Crippen molar-refractivity contribution < 1.29 is 0 Å². The predicted molar refractivity (Wildman–Crippen MR) is 60.7 cm³/mol. The van der Waals surface area contributed by atoms with E-state index in [9.17, 15) is 9.59 Å². The van der Waals surface area contributed by atoms with Crippen LogP contribution in [0, 0.1) is 0 Å². The lowest BCUT2D eigenvalue weighted by atomic mass is 10.1. The van der Waals surface area contributed by atoms with Gasteiger partial charge in [0.1, 0.15) is 0 Å². The van der Waals surface area contributed by atoms with Gasteiger partial charge in [-0.1, -0.05) is 30.3 Å². The van der Waals surface area contributed by atoms with E-state index >= 15 is 0 Å². The topological polar surface area (TPSA) is 80.9 Å². The van der Waals surface area contributed by atoms with E-state index in [1.807, 2.05) is 30.3 Å². The molecule has 0 saturated heterocycles. The minimum Gasteiger partial charge on any atom is -0.335 e. The van der Waals surface area contributed by atoms with Crippen molar-refractivity contribution >= 4 is 0 Å².